The van der Waals surface area contributed by atoms with E-state index >= 15 is 0 Å². The summed E-state index contributed by atoms with van der Waals surface area (Å²) in [6, 6.07) is 9.02. The van der Waals surface area contributed by atoms with Crippen molar-refractivity contribution in [2.45, 2.75) is 18.8 Å². The number of carbonyl (C=O) groups is 1. The van der Waals surface area contributed by atoms with Crippen molar-refractivity contribution in [3.05, 3.63) is 41.5 Å². The first-order chi connectivity index (χ1) is 9.70. The van der Waals surface area contributed by atoms with E-state index in [1.165, 1.54) is 4.90 Å². The topological polar surface area (TPSA) is 85.7 Å². The quantitative estimate of drug-likeness (QED) is 0.919. The molecule has 2 aromatic rings. The van der Waals surface area contributed by atoms with Crippen LogP contribution in [0.25, 0.3) is 0 Å². The predicted octanol–water partition coefficient (Wildman–Crippen LogP) is 1.83. The standard InChI is InChI=1S/C14H13N5O/c1-19(11-5-3-2-4-10(11)8-15)14(20)13-16-12(17-18-13)9-6-7-9/h2-5,9H,6-7H2,1H3,(H,16,17,18). The fourth-order valence-electron chi connectivity index (χ4n) is 2.03. The molecule has 100 valence electrons. The van der Waals surface area contributed by atoms with Gasteiger partial charge in [-0.2, -0.15) is 5.26 Å². The Bertz CT molecular complexity index is 696. The third-order valence-corrected chi connectivity index (χ3v) is 3.35. The number of benzene rings is 1. The molecule has 1 aromatic heterocycles. The van der Waals surface area contributed by atoms with Crippen LogP contribution < -0.4 is 4.90 Å². The van der Waals surface area contributed by atoms with Crippen LogP contribution in [0.5, 0.6) is 0 Å². The van der Waals surface area contributed by atoms with Crippen molar-refractivity contribution >= 4 is 11.6 Å². The number of H-pyrrole nitrogens is 1. The largest absolute Gasteiger partial charge is 0.307 e. The van der Waals surface area contributed by atoms with E-state index < -0.39 is 0 Å². The number of carbonyl (C=O) groups excluding carboxylic acids is 1. The molecule has 0 saturated heterocycles. The lowest BCUT2D eigenvalue weighted by atomic mass is 10.2. The third kappa shape index (κ3) is 2.14. The van der Waals surface area contributed by atoms with Gasteiger partial charge in [-0.25, -0.2) is 4.98 Å². The molecule has 1 N–H and O–H groups in total. The molecule has 1 aliphatic rings. The first-order valence-electron chi connectivity index (χ1n) is 6.40. The van der Waals surface area contributed by atoms with Gasteiger partial charge in [0.05, 0.1) is 11.3 Å². The maximum Gasteiger partial charge on any atom is 0.297 e. The van der Waals surface area contributed by atoms with E-state index in [0.29, 0.717) is 17.2 Å². The molecule has 1 aliphatic carbocycles. The molecular weight excluding hydrogens is 254 g/mol. The maximum absolute atomic E-state index is 12.3. The first kappa shape index (κ1) is 12.4. The van der Waals surface area contributed by atoms with Crippen molar-refractivity contribution < 1.29 is 4.79 Å². The molecule has 1 aromatic carbocycles. The average Bonchev–Trinajstić information content (AvgIpc) is 3.23. The lowest BCUT2D eigenvalue weighted by Crippen LogP contribution is -2.28. The van der Waals surface area contributed by atoms with Gasteiger partial charge in [-0.3, -0.25) is 9.89 Å². The molecule has 0 radical (unpaired) electrons. The SMILES string of the molecule is CN(C(=O)c1n[nH]c(C2CC2)n1)c1ccccc1C#N. The number of hydrogen-bond donors (Lipinski definition) is 1. The van der Waals surface area contributed by atoms with Crippen LogP contribution in [0.2, 0.25) is 0 Å². The number of para-hydroxylation sites is 1. The number of amides is 1. The molecule has 0 spiro atoms. The molecule has 1 heterocycles. The highest BCUT2D eigenvalue weighted by Crippen LogP contribution is 2.37. The van der Waals surface area contributed by atoms with Gasteiger partial charge in [0.1, 0.15) is 11.9 Å². The van der Waals surface area contributed by atoms with E-state index in [-0.39, 0.29) is 11.7 Å². The van der Waals surface area contributed by atoms with Gasteiger partial charge in [-0.15, -0.1) is 5.10 Å². The van der Waals surface area contributed by atoms with Crippen molar-refractivity contribution in [2.24, 2.45) is 0 Å². The van der Waals surface area contributed by atoms with E-state index in [1.807, 2.05) is 0 Å². The molecule has 6 nitrogen and oxygen atoms in total. The van der Waals surface area contributed by atoms with E-state index in [2.05, 4.69) is 21.3 Å². The van der Waals surface area contributed by atoms with E-state index in [4.69, 9.17) is 5.26 Å². The number of aromatic amines is 1. The average molecular weight is 267 g/mol. The summed E-state index contributed by atoms with van der Waals surface area (Å²) in [4.78, 5) is 18.0. The maximum atomic E-state index is 12.3. The highest BCUT2D eigenvalue weighted by Gasteiger charge is 2.29. The molecule has 0 bridgehead atoms. The Morgan fingerprint density at radius 1 is 1.45 bits per heavy atom. The number of aromatic nitrogens is 3. The third-order valence-electron chi connectivity index (χ3n) is 3.35. The van der Waals surface area contributed by atoms with Crippen molar-refractivity contribution in [3.63, 3.8) is 0 Å². The molecule has 1 amide bonds. The smallest absolute Gasteiger partial charge is 0.297 e. The van der Waals surface area contributed by atoms with Gasteiger partial charge in [-0.05, 0) is 25.0 Å². The lowest BCUT2D eigenvalue weighted by molar-refractivity contribution is 0.0983. The minimum Gasteiger partial charge on any atom is -0.307 e. The zero-order valence-corrected chi connectivity index (χ0v) is 11.0. The van der Waals surface area contributed by atoms with E-state index in [9.17, 15) is 4.79 Å². The minimum atomic E-state index is -0.323. The van der Waals surface area contributed by atoms with Gasteiger partial charge in [0.2, 0.25) is 5.82 Å². The fourth-order valence-corrected chi connectivity index (χ4v) is 2.03. The Labute approximate surface area is 116 Å². The molecule has 0 atom stereocenters. The number of rotatable bonds is 3. The number of nitriles is 1. The molecule has 0 aliphatic heterocycles. The van der Waals surface area contributed by atoms with Crippen molar-refractivity contribution in [2.75, 3.05) is 11.9 Å². The van der Waals surface area contributed by atoms with Crippen LogP contribution >= 0.6 is 0 Å². The summed E-state index contributed by atoms with van der Waals surface area (Å²) in [5.41, 5.74) is 0.999. The second-order valence-corrected chi connectivity index (χ2v) is 4.81. The highest BCUT2D eigenvalue weighted by molar-refractivity contribution is 6.03. The highest BCUT2D eigenvalue weighted by atomic mass is 16.2. The van der Waals surface area contributed by atoms with Crippen LogP contribution in [0, 0.1) is 11.3 Å². The summed E-state index contributed by atoms with van der Waals surface area (Å²) >= 11 is 0. The minimum absolute atomic E-state index is 0.141. The van der Waals surface area contributed by atoms with E-state index in [1.54, 1.807) is 31.3 Å². The van der Waals surface area contributed by atoms with Crippen LogP contribution in [0.4, 0.5) is 5.69 Å². The van der Waals surface area contributed by atoms with Gasteiger partial charge in [0.25, 0.3) is 5.91 Å². The Kier molecular flexibility index (Phi) is 2.95. The summed E-state index contributed by atoms with van der Waals surface area (Å²) in [7, 11) is 1.62. The number of hydrogen-bond acceptors (Lipinski definition) is 4. The molecule has 3 rings (SSSR count). The Hall–Kier alpha value is -2.68. The molecule has 6 heteroatoms. The molecule has 1 saturated carbocycles. The number of nitrogens with one attached hydrogen (secondary N) is 1. The monoisotopic (exact) mass is 267 g/mol. The summed E-state index contributed by atoms with van der Waals surface area (Å²) in [6.07, 6.45) is 2.19. The summed E-state index contributed by atoms with van der Waals surface area (Å²) in [5, 5.41) is 15.9. The van der Waals surface area contributed by atoms with Crippen LogP contribution in [0.15, 0.2) is 24.3 Å². The van der Waals surface area contributed by atoms with Crippen molar-refractivity contribution in [1.29, 1.82) is 5.26 Å². The summed E-state index contributed by atoms with van der Waals surface area (Å²) < 4.78 is 0. The second-order valence-electron chi connectivity index (χ2n) is 4.81. The van der Waals surface area contributed by atoms with Crippen LogP contribution in [0.3, 0.4) is 0 Å². The Morgan fingerprint density at radius 3 is 2.90 bits per heavy atom. The number of anilines is 1. The fraction of sp³-hybridized carbons (Fsp3) is 0.286. The van der Waals surface area contributed by atoms with Crippen LogP contribution in [0.1, 0.15) is 40.8 Å². The molecule has 1 fully saturated rings. The molecule has 0 unspecified atom stereocenters. The second kappa shape index (κ2) is 4.78. The Balaban J connectivity index is 1.87. The van der Waals surface area contributed by atoms with Gasteiger partial charge >= 0.3 is 0 Å². The first-order valence-corrected chi connectivity index (χ1v) is 6.40. The van der Waals surface area contributed by atoms with Gasteiger partial charge < -0.3 is 4.90 Å². The zero-order chi connectivity index (χ0) is 14.1. The molecule has 20 heavy (non-hydrogen) atoms. The lowest BCUT2D eigenvalue weighted by Gasteiger charge is -2.16. The van der Waals surface area contributed by atoms with Gasteiger partial charge in [0, 0.05) is 13.0 Å². The van der Waals surface area contributed by atoms with Crippen LogP contribution in [-0.4, -0.2) is 28.1 Å². The van der Waals surface area contributed by atoms with Crippen LogP contribution in [-0.2, 0) is 0 Å². The van der Waals surface area contributed by atoms with Gasteiger partial charge in [-0.1, -0.05) is 12.1 Å². The van der Waals surface area contributed by atoms with Crippen molar-refractivity contribution in [3.8, 4) is 6.07 Å². The summed E-state index contributed by atoms with van der Waals surface area (Å²) in [6.45, 7) is 0. The van der Waals surface area contributed by atoms with E-state index in [0.717, 1.165) is 18.7 Å². The summed E-state index contributed by atoms with van der Waals surface area (Å²) in [5.74, 6) is 1.01. The predicted molar refractivity (Wildman–Crippen MR) is 72.2 cm³/mol. The molecular formula is C14H13N5O. The van der Waals surface area contributed by atoms with Crippen molar-refractivity contribution in [1.82, 2.24) is 15.2 Å². The number of nitrogens with zero attached hydrogens (tertiary/aromatic N) is 4. The van der Waals surface area contributed by atoms with Gasteiger partial charge in [0.15, 0.2) is 0 Å². The Morgan fingerprint density at radius 2 is 2.20 bits per heavy atom. The zero-order valence-electron chi connectivity index (χ0n) is 11.0. The normalized spacial score (nSPS) is 13.8.